The van der Waals surface area contributed by atoms with Crippen molar-refractivity contribution in [1.82, 2.24) is 24.5 Å². The topological polar surface area (TPSA) is 115 Å². The third-order valence-electron chi connectivity index (χ3n) is 7.77. The maximum Gasteiger partial charge on any atom is 0.177 e. The molecule has 1 aromatic carbocycles. The van der Waals surface area contributed by atoms with Gasteiger partial charge in [0.1, 0.15) is 17.0 Å². The Morgan fingerprint density at radius 2 is 1.92 bits per heavy atom. The van der Waals surface area contributed by atoms with E-state index >= 15 is 0 Å². The normalized spacial score (nSPS) is 22.3. The van der Waals surface area contributed by atoms with Crippen LogP contribution in [0, 0.1) is 5.41 Å². The van der Waals surface area contributed by atoms with Crippen LogP contribution in [0.4, 0.5) is 5.82 Å². The van der Waals surface area contributed by atoms with E-state index in [2.05, 4.69) is 21.6 Å². The summed E-state index contributed by atoms with van der Waals surface area (Å²) >= 11 is 0. The standard InChI is InChI=1S/C27H38N6O4S/c1-18-23(31-38(35)26(2,3)4)27(17-37-18)10-12-32(13-11-27)24-22(16-34)30-25-21(29-24)14-28-33(25)15-19-6-8-20(36-5)9-7-19/h6-9,14,18,23,31,34H,10-13,15-17H2,1-5H3/t18-,23+,38?/m0/s1. The number of anilines is 1. The van der Waals surface area contributed by atoms with Crippen LogP contribution in [0.15, 0.2) is 30.5 Å². The average Bonchev–Trinajstić information content (AvgIpc) is 3.44. The first-order valence-corrected chi connectivity index (χ1v) is 14.3. The molecule has 0 aliphatic carbocycles. The third-order valence-corrected chi connectivity index (χ3v) is 9.35. The van der Waals surface area contributed by atoms with E-state index in [1.165, 1.54) is 0 Å². The molecule has 3 aromatic rings. The van der Waals surface area contributed by atoms with E-state index in [1.54, 1.807) is 18.0 Å². The number of nitrogens with zero attached hydrogens (tertiary/aromatic N) is 5. The maximum absolute atomic E-state index is 12.9. The van der Waals surface area contributed by atoms with Gasteiger partial charge in [-0.3, -0.25) is 0 Å². The molecule has 0 bridgehead atoms. The summed E-state index contributed by atoms with van der Waals surface area (Å²) in [5, 5.41) is 14.7. The van der Waals surface area contributed by atoms with E-state index in [4.69, 9.17) is 19.4 Å². The van der Waals surface area contributed by atoms with Crippen LogP contribution in [-0.4, -0.2) is 72.8 Å². The van der Waals surface area contributed by atoms with Crippen LogP contribution in [0.3, 0.4) is 0 Å². The molecule has 0 saturated carbocycles. The Morgan fingerprint density at radius 1 is 1.21 bits per heavy atom. The van der Waals surface area contributed by atoms with Gasteiger partial charge in [0.05, 0.1) is 60.9 Å². The van der Waals surface area contributed by atoms with Gasteiger partial charge in [0.15, 0.2) is 11.5 Å². The summed E-state index contributed by atoms with van der Waals surface area (Å²) in [6.45, 7) is 10.5. The van der Waals surface area contributed by atoms with Crippen molar-refractivity contribution in [3.8, 4) is 5.75 Å². The number of rotatable bonds is 7. The molecule has 10 nitrogen and oxygen atoms in total. The maximum atomic E-state index is 12.9. The second-order valence-corrected chi connectivity index (χ2v) is 13.4. The monoisotopic (exact) mass is 542 g/mol. The van der Waals surface area contributed by atoms with Gasteiger partial charge < -0.3 is 19.5 Å². The fourth-order valence-electron chi connectivity index (χ4n) is 5.41. The quantitative estimate of drug-likeness (QED) is 0.469. The highest BCUT2D eigenvalue weighted by atomic mass is 32.2. The number of aromatic nitrogens is 4. The van der Waals surface area contributed by atoms with Gasteiger partial charge in [-0.1, -0.05) is 12.1 Å². The van der Waals surface area contributed by atoms with Gasteiger partial charge in [-0.2, -0.15) is 5.10 Å². The van der Waals surface area contributed by atoms with E-state index in [0.717, 1.165) is 37.2 Å². The molecule has 3 atom stereocenters. The van der Waals surface area contributed by atoms with E-state index in [1.807, 2.05) is 45.0 Å². The molecule has 0 amide bonds. The number of ether oxygens (including phenoxy) is 2. The zero-order valence-corrected chi connectivity index (χ0v) is 23.6. The van der Waals surface area contributed by atoms with Crippen molar-refractivity contribution in [2.24, 2.45) is 5.41 Å². The minimum atomic E-state index is -1.17. The number of piperidine rings is 1. The number of benzene rings is 1. The highest BCUT2D eigenvalue weighted by Gasteiger charge is 2.50. The lowest BCUT2D eigenvalue weighted by molar-refractivity contribution is 0.0973. The number of fused-ring (bicyclic) bond motifs is 1. The Bertz CT molecular complexity index is 1300. The number of aliphatic hydroxyl groups excluding tert-OH is 1. The van der Waals surface area contributed by atoms with Gasteiger partial charge in [-0.15, -0.1) is 0 Å². The van der Waals surface area contributed by atoms with Crippen LogP contribution in [-0.2, 0) is 28.9 Å². The number of hydrogen-bond donors (Lipinski definition) is 2. The molecular formula is C27H38N6O4S. The number of nitrogens with one attached hydrogen (secondary N) is 1. The van der Waals surface area contributed by atoms with Gasteiger partial charge in [0, 0.05) is 18.5 Å². The van der Waals surface area contributed by atoms with Gasteiger partial charge in [-0.25, -0.2) is 23.6 Å². The molecule has 2 aromatic heterocycles. The average molecular weight is 543 g/mol. The molecule has 4 heterocycles. The van der Waals surface area contributed by atoms with Gasteiger partial charge >= 0.3 is 0 Å². The van der Waals surface area contributed by atoms with Gasteiger partial charge in [0.25, 0.3) is 0 Å². The van der Waals surface area contributed by atoms with Gasteiger partial charge in [0.2, 0.25) is 0 Å². The largest absolute Gasteiger partial charge is 0.497 e. The lowest BCUT2D eigenvalue weighted by Gasteiger charge is -2.43. The number of methoxy groups -OCH3 is 1. The van der Waals surface area contributed by atoms with E-state index in [9.17, 15) is 9.32 Å². The Hall–Kier alpha value is -2.60. The second kappa shape index (κ2) is 10.5. The SMILES string of the molecule is COc1ccc(Cn2ncc3nc(N4CCC5(CC4)CO[C@@H](C)[C@H]5NS(=O)C(C)(C)C)c(CO)nc32)cc1. The van der Waals surface area contributed by atoms with Crippen LogP contribution in [0.25, 0.3) is 11.2 Å². The van der Waals surface area contributed by atoms with Gasteiger partial charge in [-0.05, 0) is 58.2 Å². The predicted molar refractivity (Wildman–Crippen MR) is 147 cm³/mol. The number of aliphatic hydroxyl groups is 1. The van der Waals surface area contributed by atoms with Crippen LogP contribution in [0.2, 0.25) is 0 Å². The Balaban J connectivity index is 1.34. The van der Waals surface area contributed by atoms with Crippen molar-refractivity contribution in [1.29, 1.82) is 0 Å². The molecule has 2 saturated heterocycles. The second-order valence-electron chi connectivity index (χ2n) is 11.4. The minimum absolute atomic E-state index is 0.00599. The molecule has 2 N–H and O–H groups in total. The summed E-state index contributed by atoms with van der Waals surface area (Å²) < 4.78 is 29.1. The molecule has 1 unspecified atom stereocenters. The predicted octanol–water partition coefficient (Wildman–Crippen LogP) is 2.80. The Labute approximate surface area is 226 Å². The van der Waals surface area contributed by atoms with Crippen LogP contribution >= 0.6 is 0 Å². The highest BCUT2D eigenvalue weighted by Crippen LogP contribution is 2.43. The Morgan fingerprint density at radius 3 is 2.55 bits per heavy atom. The third kappa shape index (κ3) is 5.16. The zero-order chi connectivity index (χ0) is 27.1. The smallest absolute Gasteiger partial charge is 0.177 e. The molecule has 0 radical (unpaired) electrons. The summed E-state index contributed by atoms with van der Waals surface area (Å²) in [7, 11) is 0.477. The summed E-state index contributed by atoms with van der Waals surface area (Å²) in [6.07, 6.45) is 3.47. The highest BCUT2D eigenvalue weighted by molar-refractivity contribution is 7.84. The number of hydrogen-bond acceptors (Lipinski definition) is 8. The first-order valence-electron chi connectivity index (χ1n) is 13.1. The zero-order valence-electron chi connectivity index (χ0n) is 22.8. The molecule has 2 fully saturated rings. The lowest BCUT2D eigenvalue weighted by Crippen LogP contribution is -2.55. The molecule has 2 aliphatic rings. The van der Waals surface area contributed by atoms with E-state index < -0.39 is 11.0 Å². The first kappa shape index (κ1) is 27.0. The van der Waals surface area contributed by atoms with Crippen molar-refractivity contribution in [2.45, 2.75) is 70.6 Å². The molecule has 38 heavy (non-hydrogen) atoms. The molecule has 11 heteroatoms. The fraction of sp³-hybridized carbons (Fsp3) is 0.593. The summed E-state index contributed by atoms with van der Waals surface area (Å²) in [5.41, 5.74) is 2.87. The summed E-state index contributed by atoms with van der Waals surface area (Å²) in [5.74, 6) is 1.51. The lowest BCUT2D eigenvalue weighted by atomic mass is 9.73. The molecule has 5 rings (SSSR count). The molecular weight excluding hydrogens is 504 g/mol. The van der Waals surface area contributed by atoms with Crippen LogP contribution in [0.1, 0.15) is 51.8 Å². The molecule has 1 spiro atoms. The van der Waals surface area contributed by atoms with Crippen molar-refractivity contribution < 1.29 is 18.8 Å². The van der Waals surface area contributed by atoms with E-state index in [-0.39, 0.29) is 28.9 Å². The molecule has 206 valence electrons. The van der Waals surface area contributed by atoms with Crippen LogP contribution in [0.5, 0.6) is 5.75 Å². The Kier molecular flexibility index (Phi) is 7.47. The summed E-state index contributed by atoms with van der Waals surface area (Å²) in [6, 6.07) is 7.86. The fourth-order valence-corrected chi connectivity index (χ4v) is 6.44. The first-order chi connectivity index (χ1) is 18.1. The van der Waals surface area contributed by atoms with Crippen molar-refractivity contribution in [2.75, 3.05) is 31.7 Å². The van der Waals surface area contributed by atoms with Crippen molar-refractivity contribution in [3.63, 3.8) is 0 Å². The molecule has 2 aliphatic heterocycles. The summed E-state index contributed by atoms with van der Waals surface area (Å²) in [4.78, 5) is 11.9. The van der Waals surface area contributed by atoms with E-state index in [0.29, 0.717) is 35.8 Å². The van der Waals surface area contributed by atoms with Crippen molar-refractivity contribution >= 4 is 28.0 Å². The minimum Gasteiger partial charge on any atom is -0.497 e. The van der Waals surface area contributed by atoms with Crippen molar-refractivity contribution in [3.05, 3.63) is 41.7 Å². The van der Waals surface area contributed by atoms with Crippen LogP contribution < -0.4 is 14.4 Å².